The van der Waals surface area contributed by atoms with Crippen molar-refractivity contribution in [2.24, 2.45) is 5.73 Å². The number of carbonyl (C=O) groups excluding carboxylic acids is 1. The minimum absolute atomic E-state index is 0.0285. The maximum absolute atomic E-state index is 11.4. The number of amides is 2. The minimum atomic E-state index is -1.11. The lowest BCUT2D eigenvalue weighted by molar-refractivity contribution is 0.1000. The number of fused-ring (bicyclic) bond motifs is 1. The van der Waals surface area contributed by atoms with Crippen LogP contribution in [0.2, 0.25) is 0 Å². The van der Waals surface area contributed by atoms with Gasteiger partial charge in [0.05, 0.1) is 12.1 Å². The monoisotopic (exact) mass is 349 g/mol. The second-order valence-electron chi connectivity index (χ2n) is 5.02. The lowest BCUT2D eigenvalue weighted by Gasteiger charge is -2.10. The number of nitrogens with two attached hydrogens (primary N) is 2. The lowest BCUT2D eigenvalue weighted by Crippen LogP contribution is -2.20. The number of nitrogen functional groups attached to an aromatic ring is 1. The maximum Gasteiger partial charge on any atom is 0.404 e. The van der Waals surface area contributed by atoms with Crippen molar-refractivity contribution in [2.75, 3.05) is 25.5 Å². The van der Waals surface area contributed by atoms with Crippen LogP contribution in [0.3, 0.4) is 0 Å². The van der Waals surface area contributed by atoms with Crippen molar-refractivity contribution >= 4 is 29.0 Å². The molecule has 0 aliphatic rings. The zero-order valence-electron chi connectivity index (χ0n) is 13.3. The molecule has 2 aromatic rings. The van der Waals surface area contributed by atoms with Gasteiger partial charge >= 0.3 is 6.09 Å². The topological polar surface area (TPSA) is 166 Å². The van der Waals surface area contributed by atoms with E-state index in [1.165, 1.54) is 12.1 Å². The molecule has 2 rings (SSSR count). The summed E-state index contributed by atoms with van der Waals surface area (Å²) in [4.78, 5) is 26.0. The number of hydrogen-bond donors (Lipinski definition) is 5. The molecule has 10 nitrogen and oxygen atoms in total. The summed E-state index contributed by atoms with van der Waals surface area (Å²) in [6.45, 7) is 0.296. The van der Waals surface area contributed by atoms with Crippen molar-refractivity contribution in [3.63, 3.8) is 0 Å². The van der Waals surface area contributed by atoms with Gasteiger partial charge in [-0.25, -0.2) is 9.78 Å². The molecule has 0 saturated carbocycles. The van der Waals surface area contributed by atoms with E-state index in [2.05, 4.69) is 10.3 Å². The number of nitrogens with zero attached hydrogens (tertiary/aromatic N) is 2. The highest BCUT2D eigenvalue weighted by Gasteiger charge is 2.16. The molecule has 134 valence electrons. The summed E-state index contributed by atoms with van der Waals surface area (Å²) in [6.07, 6.45) is 2.23. The summed E-state index contributed by atoms with van der Waals surface area (Å²) in [6, 6.07) is 2.97. The summed E-state index contributed by atoms with van der Waals surface area (Å²) in [5.74, 6) is -0.119. The number of rotatable bonds is 8. The molecule has 0 aliphatic heterocycles. The zero-order valence-corrected chi connectivity index (χ0v) is 13.3. The molecule has 0 unspecified atom stereocenters. The van der Waals surface area contributed by atoms with Crippen molar-refractivity contribution in [2.45, 2.75) is 6.54 Å². The van der Waals surface area contributed by atoms with Crippen LogP contribution in [0.4, 0.5) is 10.7 Å². The fourth-order valence-corrected chi connectivity index (χ4v) is 2.25. The summed E-state index contributed by atoms with van der Waals surface area (Å²) < 4.78 is 7.13. The van der Waals surface area contributed by atoms with E-state index in [0.29, 0.717) is 23.3 Å². The van der Waals surface area contributed by atoms with E-state index in [1.54, 1.807) is 16.7 Å². The number of imidazole rings is 1. The van der Waals surface area contributed by atoms with Crippen molar-refractivity contribution in [3.05, 3.63) is 29.8 Å². The Kier molecular flexibility index (Phi) is 5.79. The van der Waals surface area contributed by atoms with E-state index < -0.39 is 12.0 Å². The molecule has 2 amide bonds. The standard InChI is InChI=1S/C15H19N5O5/c16-13(22)9-7-10-12(11(8-9)25-6-5-21)20(14(17)19-10)4-2-1-3-18-15(23)24/h1-2,7-8,18,21H,3-6H2,(H2,16,22)(H2,17,19)(H,23,24). The molecule has 0 fully saturated rings. The molecular formula is C15H19N5O5. The number of allylic oxidation sites excluding steroid dienone is 1. The molecule has 25 heavy (non-hydrogen) atoms. The molecule has 0 aliphatic carbocycles. The SMILES string of the molecule is NC(=O)c1cc(OCCO)c2c(c1)nc(N)n2CC=CCNC(=O)O. The summed E-state index contributed by atoms with van der Waals surface area (Å²) in [5, 5.41) is 19.7. The van der Waals surface area contributed by atoms with Crippen molar-refractivity contribution in [3.8, 4) is 5.75 Å². The zero-order chi connectivity index (χ0) is 18.4. The molecule has 0 bridgehead atoms. The average Bonchev–Trinajstić information content (AvgIpc) is 2.87. The molecule has 1 aromatic heterocycles. The summed E-state index contributed by atoms with van der Waals surface area (Å²) >= 11 is 0. The van der Waals surface area contributed by atoms with Gasteiger partial charge in [0.15, 0.2) is 0 Å². The molecule has 0 radical (unpaired) electrons. The van der Waals surface area contributed by atoms with E-state index in [4.69, 9.17) is 26.4 Å². The van der Waals surface area contributed by atoms with Crippen molar-refractivity contribution in [1.29, 1.82) is 0 Å². The third kappa shape index (κ3) is 4.38. The Labute approximate surface area is 142 Å². The largest absolute Gasteiger partial charge is 0.489 e. The Morgan fingerprint density at radius 1 is 1.36 bits per heavy atom. The molecular weight excluding hydrogens is 330 g/mol. The van der Waals surface area contributed by atoms with Gasteiger partial charge in [-0.05, 0) is 12.1 Å². The maximum atomic E-state index is 11.4. The minimum Gasteiger partial charge on any atom is -0.489 e. The molecule has 0 spiro atoms. The van der Waals surface area contributed by atoms with Crippen LogP contribution in [0, 0.1) is 0 Å². The van der Waals surface area contributed by atoms with E-state index in [1.807, 2.05) is 0 Å². The number of hydrogen-bond acceptors (Lipinski definition) is 6. The third-order valence-electron chi connectivity index (χ3n) is 3.30. The van der Waals surface area contributed by atoms with Crippen molar-refractivity contribution < 1.29 is 24.5 Å². The predicted octanol–water partition coefficient (Wildman–Crippen LogP) is -0.0877. The van der Waals surface area contributed by atoms with Crippen LogP contribution in [0.1, 0.15) is 10.4 Å². The van der Waals surface area contributed by atoms with Gasteiger partial charge in [-0.3, -0.25) is 4.79 Å². The number of aromatic nitrogens is 2. The quantitative estimate of drug-likeness (QED) is 0.415. The number of aliphatic hydroxyl groups is 1. The Balaban J connectivity index is 2.37. The van der Waals surface area contributed by atoms with Gasteiger partial charge in [-0.1, -0.05) is 12.2 Å². The first-order valence-corrected chi connectivity index (χ1v) is 7.39. The number of carboxylic acid groups (broad SMARTS) is 1. The molecule has 10 heteroatoms. The molecule has 0 saturated heterocycles. The molecule has 1 aromatic carbocycles. The van der Waals surface area contributed by atoms with Gasteiger partial charge in [0.2, 0.25) is 11.9 Å². The molecule has 1 heterocycles. The fourth-order valence-electron chi connectivity index (χ4n) is 2.25. The number of ether oxygens (including phenoxy) is 1. The number of nitrogens with one attached hydrogen (secondary N) is 1. The highest BCUT2D eigenvalue weighted by atomic mass is 16.5. The summed E-state index contributed by atoms with van der Waals surface area (Å²) in [7, 11) is 0. The average molecular weight is 349 g/mol. The Morgan fingerprint density at radius 3 is 2.76 bits per heavy atom. The van der Waals surface area contributed by atoms with E-state index in [0.717, 1.165) is 0 Å². The van der Waals surface area contributed by atoms with Gasteiger partial charge in [-0.15, -0.1) is 0 Å². The number of primary amides is 1. The van der Waals surface area contributed by atoms with Gasteiger partial charge in [0.1, 0.15) is 17.9 Å². The fraction of sp³-hybridized carbons (Fsp3) is 0.267. The Morgan fingerprint density at radius 2 is 2.12 bits per heavy atom. The third-order valence-corrected chi connectivity index (χ3v) is 3.30. The normalized spacial score (nSPS) is 11.1. The van der Waals surface area contributed by atoms with Gasteiger partial charge < -0.3 is 36.3 Å². The Hall–Kier alpha value is -3.27. The highest BCUT2D eigenvalue weighted by molar-refractivity contribution is 5.98. The summed E-state index contributed by atoms with van der Waals surface area (Å²) in [5.41, 5.74) is 12.4. The van der Waals surface area contributed by atoms with E-state index in [9.17, 15) is 9.59 Å². The van der Waals surface area contributed by atoms with Crippen LogP contribution in [0.25, 0.3) is 11.0 Å². The number of aliphatic hydroxyl groups excluding tert-OH is 1. The van der Waals surface area contributed by atoms with Crippen LogP contribution in [-0.4, -0.2) is 51.5 Å². The van der Waals surface area contributed by atoms with Gasteiger partial charge in [0, 0.05) is 18.7 Å². The van der Waals surface area contributed by atoms with E-state index >= 15 is 0 Å². The first kappa shape index (κ1) is 18.1. The predicted molar refractivity (Wildman–Crippen MR) is 90.4 cm³/mol. The molecule has 0 atom stereocenters. The van der Waals surface area contributed by atoms with Crippen LogP contribution in [0.5, 0.6) is 5.75 Å². The highest BCUT2D eigenvalue weighted by Crippen LogP contribution is 2.29. The number of anilines is 1. The lowest BCUT2D eigenvalue weighted by atomic mass is 10.1. The molecule has 7 N–H and O–H groups in total. The Bertz CT molecular complexity index is 814. The van der Waals surface area contributed by atoms with Gasteiger partial charge in [0.25, 0.3) is 0 Å². The first-order chi connectivity index (χ1) is 11.9. The van der Waals surface area contributed by atoms with Gasteiger partial charge in [-0.2, -0.15) is 0 Å². The number of benzene rings is 1. The second-order valence-corrected chi connectivity index (χ2v) is 5.02. The van der Waals surface area contributed by atoms with Crippen LogP contribution in [-0.2, 0) is 6.54 Å². The number of carbonyl (C=O) groups is 2. The van der Waals surface area contributed by atoms with Crippen LogP contribution < -0.4 is 21.5 Å². The van der Waals surface area contributed by atoms with Crippen molar-refractivity contribution in [1.82, 2.24) is 14.9 Å². The van der Waals surface area contributed by atoms with E-state index in [-0.39, 0.29) is 31.3 Å². The first-order valence-electron chi connectivity index (χ1n) is 7.39. The van der Waals surface area contributed by atoms with Crippen LogP contribution in [0.15, 0.2) is 24.3 Å². The smallest absolute Gasteiger partial charge is 0.404 e. The second kappa shape index (κ2) is 8.02. The van der Waals surface area contributed by atoms with Crippen LogP contribution >= 0.6 is 0 Å².